The molecule has 5 heteroatoms. The maximum atomic E-state index is 6.32. The van der Waals surface area contributed by atoms with E-state index in [1.165, 1.54) is 5.56 Å². The van der Waals surface area contributed by atoms with Crippen molar-refractivity contribution in [2.24, 2.45) is 0 Å². The van der Waals surface area contributed by atoms with Crippen LogP contribution in [-0.2, 0) is 13.1 Å². The zero-order valence-electron chi connectivity index (χ0n) is 13.8. The van der Waals surface area contributed by atoms with Crippen LogP contribution in [0.4, 0.5) is 0 Å². The lowest BCUT2D eigenvalue weighted by Crippen LogP contribution is -2.80. The average Bonchev–Trinajstić information content (AvgIpc) is 2.62. The van der Waals surface area contributed by atoms with Crippen LogP contribution in [-0.4, -0.2) is 19.2 Å². The average molecular weight is 344 g/mol. The minimum absolute atomic E-state index is 0.554. The van der Waals surface area contributed by atoms with Gasteiger partial charge < -0.3 is 14.8 Å². The largest absolute Gasteiger partial charge is 0.497 e. The maximum absolute atomic E-state index is 6.32. The van der Waals surface area contributed by atoms with Gasteiger partial charge in [0.2, 0.25) is 0 Å². The second kappa shape index (κ2) is 7.51. The number of quaternary nitrogens is 1. The Morgan fingerprint density at radius 2 is 1.62 bits per heavy atom. The summed E-state index contributed by atoms with van der Waals surface area (Å²) < 4.78 is 10.4. The van der Waals surface area contributed by atoms with Crippen LogP contribution in [0, 0.1) is 0 Å². The number of aromatic nitrogens is 1. The summed E-state index contributed by atoms with van der Waals surface area (Å²) in [7, 11) is 3.33. The number of ether oxygens (including phenoxy) is 2. The van der Waals surface area contributed by atoms with Gasteiger partial charge in [0, 0.05) is 16.5 Å². The quantitative estimate of drug-likeness (QED) is 0.699. The molecular weight excluding hydrogens is 324 g/mol. The van der Waals surface area contributed by atoms with Gasteiger partial charge >= 0.3 is 0 Å². The second-order valence-corrected chi connectivity index (χ2v) is 5.90. The highest BCUT2D eigenvalue weighted by atomic mass is 35.5. The van der Waals surface area contributed by atoms with Gasteiger partial charge in [-0.25, -0.2) is 4.98 Å². The van der Waals surface area contributed by atoms with E-state index in [-0.39, 0.29) is 0 Å². The number of fused-ring (bicyclic) bond motifs is 1. The van der Waals surface area contributed by atoms with E-state index in [2.05, 4.69) is 28.5 Å². The van der Waals surface area contributed by atoms with Gasteiger partial charge in [-0.1, -0.05) is 11.6 Å². The predicted molar refractivity (Wildman–Crippen MR) is 95.6 cm³/mol. The molecule has 0 atom stereocenters. The zero-order valence-corrected chi connectivity index (χ0v) is 14.5. The molecule has 0 aliphatic heterocycles. The molecule has 0 spiro atoms. The van der Waals surface area contributed by atoms with Crippen LogP contribution in [0.1, 0.15) is 11.1 Å². The molecule has 1 aromatic heterocycles. The topological polar surface area (TPSA) is 48.0 Å². The summed E-state index contributed by atoms with van der Waals surface area (Å²) in [6, 6.07) is 16.0. The SMILES string of the molecule is COc1ccc(C[NH2+]Cc2cc3cc(OC)ccc3nc2Cl)cc1. The number of halogens is 1. The van der Waals surface area contributed by atoms with Crippen molar-refractivity contribution in [2.45, 2.75) is 13.1 Å². The molecule has 0 aliphatic carbocycles. The summed E-state index contributed by atoms with van der Waals surface area (Å²) in [6.07, 6.45) is 0. The van der Waals surface area contributed by atoms with E-state index in [1.807, 2.05) is 30.3 Å². The van der Waals surface area contributed by atoms with Crippen LogP contribution >= 0.6 is 11.6 Å². The Morgan fingerprint density at radius 1 is 0.917 bits per heavy atom. The van der Waals surface area contributed by atoms with Crippen molar-refractivity contribution in [3.8, 4) is 11.5 Å². The molecule has 1 heterocycles. The highest BCUT2D eigenvalue weighted by Crippen LogP contribution is 2.23. The molecule has 0 bridgehead atoms. The van der Waals surface area contributed by atoms with E-state index in [0.29, 0.717) is 5.15 Å². The van der Waals surface area contributed by atoms with Crippen LogP contribution in [0.5, 0.6) is 11.5 Å². The third-order valence-corrected chi connectivity index (χ3v) is 4.28. The summed E-state index contributed by atoms with van der Waals surface area (Å²) >= 11 is 6.32. The molecule has 0 fully saturated rings. The van der Waals surface area contributed by atoms with Crippen LogP contribution in [0.25, 0.3) is 10.9 Å². The third kappa shape index (κ3) is 3.78. The molecule has 0 amide bonds. The number of hydrogen-bond donors (Lipinski definition) is 1. The number of hydrogen-bond acceptors (Lipinski definition) is 3. The second-order valence-electron chi connectivity index (χ2n) is 5.54. The van der Waals surface area contributed by atoms with Gasteiger partial charge in [0.05, 0.1) is 19.7 Å². The van der Waals surface area contributed by atoms with E-state index in [0.717, 1.165) is 41.1 Å². The minimum Gasteiger partial charge on any atom is -0.497 e. The lowest BCUT2D eigenvalue weighted by Gasteiger charge is -2.07. The van der Waals surface area contributed by atoms with Crippen LogP contribution < -0.4 is 14.8 Å². The smallest absolute Gasteiger partial charge is 0.138 e. The lowest BCUT2D eigenvalue weighted by atomic mass is 10.1. The number of pyridine rings is 1. The molecule has 3 aromatic rings. The number of nitrogens with zero attached hydrogens (tertiary/aromatic N) is 1. The van der Waals surface area contributed by atoms with Gasteiger partial charge in [-0.05, 0) is 48.5 Å². The Balaban J connectivity index is 1.70. The first kappa shape index (κ1) is 16.6. The molecule has 0 unspecified atom stereocenters. The first-order chi connectivity index (χ1) is 11.7. The third-order valence-electron chi connectivity index (χ3n) is 3.95. The Kier molecular flexibility index (Phi) is 5.18. The number of nitrogens with two attached hydrogens (primary N) is 1. The van der Waals surface area contributed by atoms with Gasteiger partial charge in [-0.2, -0.15) is 0 Å². The molecular formula is C19H20ClN2O2+. The first-order valence-corrected chi connectivity index (χ1v) is 8.15. The van der Waals surface area contributed by atoms with Crippen LogP contribution in [0.2, 0.25) is 5.15 Å². The molecule has 4 nitrogen and oxygen atoms in total. The van der Waals surface area contributed by atoms with E-state index >= 15 is 0 Å². The first-order valence-electron chi connectivity index (χ1n) is 7.77. The normalized spacial score (nSPS) is 10.8. The Bertz CT molecular complexity index is 835. The van der Waals surface area contributed by atoms with Crippen molar-refractivity contribution in [2.75, 3.05) is 14.2 Å². The highest BCUT2D eigenvalue weighted by molar-refractivity contribution is 6.30. The maximum Gasteiger partial charge on any atom is 0.138 e. The van der Waals surface area contributed by atoms with E-state index < -0.39 is 0 Å². The fraction of sp³-hybridized carbons (Fsp3) is 0.211. The summed E-state index contributed by atoms with van der Waals surface area (Å²) in [5.74, 6) is 1.69. The van der Waals surface area contributed by atoms with Gasteiger partial charge in [0.1, 0.15) is 29.7 Å². The predicted octanol–water partition coefficient (Wildman–Crippen LogP) is 3.17. The fourth-order valence-corrected chi connectivity index (χ4v) is 2.82. The molecule has 0 aliphatic rings. The summed E-state index contributed by atoms with van der Waals surface area (Å²) in [4.78, 5) is 4.47. The molecule has 124 valence electrons. The summed E-state index contributed by atoms with van der Waals surface area (Å²) in [6.45, 7) is 1.64. The van der Waals surface area contributed by atoms with Crippen molar-refractivity contribution >= 4 is 22.5 Å². The Labute approximate surface area is 146 Å². The van der Waals surface area contributed by atoms with Crippen LogP contribution in [0.3, 0.4) is 0 Å². The Morgan fingerprint density at radius 3 is 2.33 bits per heavy atom. The molecule has 2 aromatic carbocycles. The summed E-state index contributed by atoms with van der Waals surface area (Å²) in [5, 5.41) is 3.79. The monoisotopic (exact) mass is 343 g/mol. The highest BCUT2D eigenvalue weighted by Gasteiger charge is 2.08. The van der Waals surface area contributed by atoms with E-state index in [4.69, 9.17) is 21.1 Å². The minimum atomic E-state index is 0.554. The lowest BCUT2D eigenvalue weighted by molar-refractivity contribution is -0.686. The summed E-state index contributed by atoms with van der Waals surface area (Å²) in [5.41, 5.74) is 3.13. The zero-order chi connectivity index (χ0) is 16.9. The van der Waals surface area contributed by atoms with E-state index in [9.17, 15) is 0 Å². The standard InChI is InChI=1S/C19H19ClN2O2/c1-23-16-5-3-13(4-6-16)11-21-12-15-9-14-10-17(24-2)7-8-18(14)22-19(15)20/h3-10,21H,11-12H2,1-2H3/p+1. The van der Waals surface area contributed by atoms with Crippen molar-refractivity contribution in [3.63, 3.8) is 0 Å². The van der Waals surface area contributed by atoms with Crippen molar-refractivity contribution in [3.05, 3.63) is 64.8 Å². The van der Waals surface area contributed by atoms with E-state index in [1.54, 1.807) is 14.2 Å². The Hall–Kier alpha value is -2.30. The molecule has 0 saturated carbocycles. The molecule has 0 saturated heterocycles. The van der Waals surface area contributed by atoms with Crippen molar-refractivity contribution < 1.29 is 14.8 Å². The fourth-order valence-electron chi connectivity index (χ4n) is 2.60. The molecule has 0 radical (unpaired) electrons. The van der Waals surface area contributed by atoms with Crippen LogP contribution in [0.15, 0.2) is 48.5 Å². The van der Waals surface area contributed by atoms with Crippen molar-refractivity contribution in [1.29, 1.82) is 0 Å². The number of benzene rings is 2. The van der Waals surface area contributed by atoms with Gasteiger partial charge in [0.15, 0.2) is 0 Å². The van der Waals surface area contributed by atoms with Gasteiger partial charge in [-0.15, -0.1) is 0 Å². The molecule has 2 N–H and O–H groups in total. The number of methoxy groups -OCH3 is 2. The molecule has 24 heavy (non-hydrogen) atoms. The van der Waals surface area contributed by atoms with Gasteiger partial charge in [0.25, 0.3) is 0 Å². The number of rotatable bonds is 6. The van der Waals surface area contributed by atoms with Crippen molar-refractivity contribution in [1.82, 2.24) is 4.98 Å². The van der Waals surface area contributed by atoms with Gasteiger partial charge in [-0.3, -0.25) is 0 Å². The molecule has 3 rings (SSSR count).